The first kappa shape index (κ1) is 35.3. The van der Waals surface area contributed by atoms with E-state index in [0.717, 1.165) is 78.0 Å². The van der Waals surface area contributed by atoms with Crippen LogP contribution >= 0.6 is 0 Å². The van der Waals surface area contributed by atoms with E-state index >= 15 is 0 Å². The number of aryl methyl sites for hydroxylation is 3. The SMILES string of the molecule is [2H]C([2H])([2H])C(c1ccc(-c2ccnc(-c3cc(-c4ccccc4)cc(-c4cccc5c4nc(-c4cc(C)cc(C)c4O)n5-c4cc(C)c(-c5ccc(C(C)(C)C)cc5)cc4-c4ccccc4)c3)c2)cc1)(C([2H])([2H])[2H])C([2H])([2H])[2H]. The molecule has 0 aliphatic heterocycles. The van der Waals surface area contributed by atoms with Crippen molar-refractivity contribution in [3.05, 3.63) is 216 Å². The summed E-state index contributed by atoms with van der Waals surface area (Å²) in [4.78, 5) is 10.4. The minimum absolute atomic E-state index is 0.00511. The average Bonchev–Trinajstić information content (AvgIpc) is 3.76. The predicted octanol–water partition coefficient (Wildman–Crippen LogP) is 17.3. The van der Waals surface area contributed by atoms with E-state index in [-0.39, 0.29) is 16.7 Å². The third-order valence-electron chi connectivity index (χ3n) is 13.2. The van der Waals surface area contributed by atoms with Gasteiger partial charge in [0.1, 0.15) is 11.6 Å². The molecule has 0 spiro atoms. The summed E-state index contributed by atoms with van der Waals surface area (Å²) >= 11 is 0. The van der Waals surface area contributed by atoms with Crippen LogP contribution in [0, 0.1) is 20.8 Å². The molecular weight excluding hydrogens is 839 g/mol. The quantitative estimate of drug-likeness (QED) is 0.165. The molecule has 0 fully saturated rings. The molecule has 10 rings (SSSR count). The summed E-state index contributed by atoms with van der Waals surface area (Å²) in [7, 11) is 0. The zero-order chi connectivity index (χ0) is 55.7. The standard InChI is InChI=1S/C65H59N3O/c1-41-33-43(3)62(69)57(34-41)63-67-61-54(50-36-49(44-17-12-10-13-18-44)37-51(38-50)58-39-48(31-32-66-58)45-23-27-52(28-24-45)64(4,5)6)21-16-22-59(61)68(63)60-35-42(2)55(40-56(60)46-19-14-11-15-20-46)47-25-29-53(30-26-47)65(7,8)9/h10-40,69H,1-9H3/i4D3,5D3,6D3. The molecule has 1 N–H and O–H groups in total. The van der Waals surface area contributed by atoms with Crippen LogP contribution in [0.5, 0.6) is 5.75 Å². The highest BCUT2D eigenvalue weighted by Gasteiger charge is 2.25. The fourth-order valence-corrected chi connectivity index (χ4v) is 9.48. The van der Waals surface area contributed by atoms with E-state index in [9.17, 15) is 5.11 Å². The van der Waals surface area contributed by atoms with Crippen molar-refractivity contribution in [3.8, 4) is 89.7 Å². The zero-order valence-corrected chi connectivity index (χ0v) is 39.7. The topological polar surface area (TPSA) is 50.9 Å². The number of benzene rings is 8. The van der Waals surface area contributed by atoms with Crippen molar-refractivity contribution in [2.75, 3.05) is 0 Å². The van der Waals surface area contributed by atoms with Crippen molar-refractivity contribution in [1.82, 2.24) is 14.5 Å². The van der Waals surface area contributed by atoms with Gasteiger partial charge in [-0.3, -0.25) is 9.55 Å². The van der Waals surface area contributed by atoms with E-state index in [0.29, 0.717) is 33.7 Å². The van der Waals surface area contributed by atoms with Gasteiger partial charge in [-0.15, -0.1) is 0 Å². The highest BCUT2D eigenvalue weighted by atomic mass is 16.3. The number of nitrogens with zero attached hydrogens (tertiary/aromatic N) is 3. The average molecular weight is 907 g/mol. The molecule has 2 aromatic heterocycles. The molecule has 0 bridgehead atoms. The Labute approximate surface area is 420 Å². The fourth-order valence-electron chi connectivity index (χ4n) is 9.48. The Morgan fingerprint density at radius 2 is 1.07 bits per heavy atom. The molecule has 4 nitrogen and oxygen atoms in total. The van der Waals surface area contributed by atoms with Gasteiger partial charge in [0, 0.05) is 35.2 Å². The van der Waals surface area contributed by atoms with E-state index in [1.165, 1.54) is 17.7 Å². The minimum atomic E-state index is -3.38. The van der Waals surface area contributed by atoms with Crippen LogP contribution in [0.3, 0.4) is 0 Å². The molecule has 0 unspecified atom stereocenters. The highest BCUT2D eigenvalue weighted by molar-refractivity contribution is 5.99. The molecule has 0 saturated heterocycles. The maximum absolute atomic E-state index is 12.0. The molecule has 0 radical (unpaired) electrons. The maximum Gasteiger partial charge on any atom is 0.149 e. The number of phenols is 1. The number of imidazole rings is 1. The van der Waals surface area contributed by atoms with E-state index in [1.807, 2.05) is 74.5 Å². The molecule has 0 atom stereocenters. The van der Waals surface area contributed by atoms with Gasteiger partial charge in [-0.05, 0) is 159 Å². The molecule has 340 valence electrons. The molecule has 8 aromatic carbocycles. The fraction of sp³-hybridized carbons (Fsp3) is 0.169. The number of fused-ring (bicyclic) bond motifs is 1. The lowest BCUT2D eigenvalue weighted by Crippen LogP contribution is -2.10. The summed E-state index contributed by atoms with van der Waals surface area (Å²) in [6.07, 6.45) is 1.68. The van der Waals surface area contributed by atoms with Crippen LogP contribution in [0.1, 0.15) is 81.5 Å². The number of rotatable bonds is 8. The molecule has 4 heteroatoms. The number of hydrogen-bond acceptors (Lipinski definition) is 3. The molecule has 0 aliphatic rings. The van der Waals surface area contributed by atoms with Crippen molar-refractivity contribution < 1.29 is 17.4 Å². The van der Waals surface area contributed by atoms with E-state index in [4.69, 9.17) is 22.3 Å². The van der Waals surface area contributed by atoms with Crippen molar-refractivity contribution in [3.63, 3.8) is 0 Å². The van der Waals surface area contributed by atoms with Crippen LogP contribution in [-0.4, -0.2) is 19.6 Å². The van der Waals surface area contributed by atoms with Crippen LogP contribution in [0.2, 0.25) is 0 Å². The number of aromatic nitrogens is 3. The van der Waals surface area contributed by atoms with Gasteiger partial charge in [0.2, 0.25) is 0 Å². The summed E-state index contributed by atoms with van der Waals surface area (Å²) in [6.45, 7) is 2.60. The summed E-state index contributed by atoms with van der Waals surface area (Å²) in [5.41, 5.74) is 14.2. The second-order valence-electron chi connectivity index (χ2n) is 19.2. The minimum Gasteiger partial charge on any atom is -0.507 e. The largest absolute Gasteiger partial charge is 0.507 e. The van der Waals surface area contributed by atoms with Gasteiger partial charge in [0.05, 0.1) is 28.0 Å². The Kier molecular flexibility index (Phi) is 9.06. The highest BCUT2D eigenvalue weighted by Crippen LogP contribution is 2.44. The smallest absolute Gasteiger partial charge is 0.149 e. The normalized spacial score (nSPS) is 14.4. The lowest BCUT2D eigenvalue weighted by Gasteiger charge is -2.21. The second-order valence-corrected chi connectivity index (χ2v) is 19.2. The number of aromatic hydroxyl groups is 1. The van der Waals surface area contributed by atoms with Crippen molar-refractivity contribution in [1.29, 1.82) is 0 Å². The van der Waals surface area contributed by atoms with Crippen LogP contribution in [0.25, 0.3) is 95.0 Å². The Morgan fingerprint density at radius 1 is 0.464 bits per heavy atom. The zero-order valence-electron chi connectivity index (χ0n) is 48.7. The van der Waals surface area contributed by atoms with E-state index < -0.39 is 26.0 Å². The summed E-state index contributed by atoms with van der Waals surface area (Å²) in [6, 6.07) is 59.6. The lowest BCUT2D eigenvalue weighted by molar-refractivity contribution is 0.472. The molecule has 2 heterocycles. The van der Waals surface area contributed by atoms with Gasteiger partial charge in [-0.1, -0.05) is 169 Å². The van der Waals surface area contributed by atoms with Crippen LogP contribution in [-0.2, 0) is 10.8 Å². The van der Waals surface area contributed by atoms with Crippen LogP contribution in [0.15, 0.2) is 188 Å². The second kappa shape index (κ2) is 17.7. The number of pyridine rings is 1. The molecule has 0 aliphatic carbocycles. The van der Waals surface area contributed by atoms with Gasteiger partial charge in [-0.2, -0.15) is 0 Å². The third-order valence-corrected chi connectivity index (χ3v) is 13.2. The number of para-hydroxylation sites is 1. The number of phenolic OH excluding ortho intramolecular Hbond substituents is 1. The molecular formula is C65H59N3O. The molecule has 69 heavy (non-hydrogen) atoms. The summed E-state index contributed by atoms with van der Waals surface area (Å²) in [5, 5.41) is 12.0. The summed E-state index contributed by atoms with van der Waals surface area (Å²) < 4.78 is 76.3. The van der Waals surface area contributed by atoms with Gasteiger partial charge in [0.25, 0.3) is 0 Å². The van der Waals surface area contributed by atoms with Crippen molar-refractivity contribution in [2.45, 2.75) is 72.9 Å². The van der Waals surface area contributed by atoms with Gasteiger partial charge in [-0.25, -0.2) is 4.98 Å². The Hall–Kier alpha value is -7.82. The Balaban J connectivity index is 1.17. The van der Waals surface area contributed by atoms with Crippen molar-refractivity contribution in [2.24, 2.45) is 0 Å². The predicted molar refractivity (Wildman–Crippen MR) is 290 cm³/mol. The lowest BCUT2D eigenvalue weighted by atomic mass is 9.85. The van der Waals surface area contributed by atoms with E-state index in [1.54, 1.807) is 24.4 Å². The third kappa shape index (κ3) is 8.80. The first-order valence-electron chi connectivity index (χ1n) is 27.8. The Morgan fingerprint density at radius 3 is 1.75 bits per heavy atom. The first-order chi connectivity index (χ1) is 36.9. The van der Waals surface area contributed by atoms with Crippen molar-refractivity contribution >= 4 is 11.0 Å². The molecule has 0 saturated carbocycles. The van der Waals surface area contributed by atoms with Gasteiger partial charge < -0.3 is 5.11 Å². The van der Waals surface area contributed by atoms with Gasteiger partial charge in [0.15, 0.2) is 0 Å². The van der Waals surface area contributed by atoms with Crippen LogP contribution in [0.4, 0.5) is 0 Å². The molecule has 0 amide bonds. The monoisotopic (exact) mass is 907 g/mol. The Bertz CT molecular complexity index is 3840. The first-order valence-corrected chi connectivity index (χ1v) is 23.3. The van der Waals surface area contributed by atoms with E-state index in [2.05, 4.69) is 123 Å². The van der Waals surface area contributed by atoms with Crippen LogP contribution < -0.4 is 0 Å². The number of hydrogen-bond donors (Lipinski definition) is 1. The molecule has 10 aromatic rings. The summed E-state index contributed by atoms with van der Waals surface area (Å²) in [5.74, 6) is 0.724. The maximum atomic E-state index is 12.0. The van der Waals surface area contributed by atoms with Gasteiger partial charge >= 0.3 is 0 Å².